The minimum atomic E-state index is -2.47. The standard InChI is InChI=1S/C32H39F2N5O4S/c1-2-3-14-39(32(41)37-30-18-27(31(35)40)28(33)19-29(30)34)26-12-15-38(16-13-26)20-24-6-4-22(5-7-24)17-23-8-10-25(11-9-23)36-21-44(42)43/h4-11,18-19,26,36,44H,2-3,12-17,20-21H2,1H3,(H2,35,40)(H,37,41). The highest BCUT2D eigenvalue weighted by molar-refractivity contribution is 7.72. The minimum absolute atomic E-state index is 0.0381. The average Bonchev–Trinajstić information content (AvgIpc) is 3.00. The summed E-state index contributed by atoms with van der Waals surface area (Å²) in [5.74, 6) is -3.17. The van der Waals surface area contributed by atoms with Gasteiger partial charge >= 0.3 is 6.03 Å². The quantitative estimate of drug-likeness (QED) is 0.199. The molecule has 0 aliphatic carbocycles. The molecule has 9 nitrogen and oxygen atoms in total. The zero-order valence-electron chi connectivity index (χ0n) is 24.7. The van der Waals surface area contributed by atoms with Crippen molar-refractivity contribution in [3.05, 3.63) is 94.6 Å². The maximum atomic E-state index is 14.4. The maximum absolute atomic E-state index is 14.4. The van der Waals surface area contributed by atoms with Gasteiger partial charge in [-0.2, -0.15) is 0 Å². The third kappa shape index (κ3) is 9.23. The smallest absolute Gasteiger partial charge is 0.322 e. The van der Waals surface area contributed by atoms with Crippen LogP contribution in [0.3, 0.4) is 0 Å². The van der Waals surface area contributed by atoms with E-state index in [1.54, 1.807) is 4.90 Å². The first-order chi connectivity index (χ1) is 21.1. The van der Waals surface area contributed by atoms with Crippen molar-refractivity contribution in [2.75, 3.05) is 36.1 Å². The number of thiol groups is 1. The van der Waals surface area contributed by atoms with Crippen molar-refractivity contribution in [2.24, 2.45) is 5.73 Å². The number of amides is 3. The number of nitrogens with two attached hydrogens (primary N) is 1. The van der Waals surface area contributed by atoms with Gasteiger partial charge in [-0.25, -0.2) is 22.0 Å². The van der Waals surface area contributed by atoms with Gasteiger partial charge in [-0.05, 0) is 60.6 Å². The molecule has 1 aliphatic heterocycles. The Morgan fingerprint density at radius 1 is 0.955 bits per heavy atom. The van der Waals surface area contributed by atoms with Crippen LogP contribution in [0.2, 0.25) is 0 Å². The number of unbranched alkanes of at least 4 members (excludes halogenated alkanes) is 1. The molecule has 44 heavy (non-hydrogen) atoms. The summed E-state index contributed by atoms with van der Waals surface area (Å²) >= 11 is 0. The SMILES string of the molecule is CCCCN(C(=O)Nc1cc(C(N)=O)c(F)cc1F)C1CCN(Cc2ccc(Cc3ccc(NC[SH](=O)=O)cc3)cc2)CC1. The highest BCUT2D eigenvalue weighted by Crippen LogP contribution is 2.24. The lowest BCUT2D eigenvalue weighted by molar-refractivity contribution is 0.0996. The average molecular weight is 628 g/mol. The molecule has 12 heteroatoms. The van der Waals surface area contributed by atoms with E-state index in [0.29, 0.717) is 12.6 Å². The fourth-order valence-electron chi connectivity index (χ4n) is 5.34. The Morgan fingerprint density at radius 3 is 2.16 bits per heavy atom. The number of likely N-dealkylation sites (tertiary alicyclic amines) is 1. The van der Waals surface area contributed by atoms with Gasteiger partial charge in [0.25, 0.3) is 5.91 Å². The summed E-state index contributed by atoms with van der Waals surface area (Å²) in [5.41, 5.74) is 8.68. The summed E-state index contributed by atoms with van der Waals surface area (Å²) in [7, 11) is -2.47. The van der Waals surface area contributed by atoms with Crippen molar-refractivity contribution < 1.29 is 26.8 Å². The Hall–Kier alpha value is -4.03. The maximum Gasteiger partial charge on any atom is 0.322 e. The van der Waals surface area contributed by atoms with Crippen molar-refractivity contribution in [3.8, 4) is 0 Å². The van der Waals surface area contributed by atoms with Gasteiger partial charge in [0, 0.05) is 44.0 Å². The van der Waals surface area contributed by atoms with E-state index in [4.69, 9.17) is 5.73 Å². The van der Waals surface area contributed by atoms with E-state index in [0.717, 1.165) is 69.1 Å². The molecule has 0 saturated carbocycles. The molecule has 0 spiro atoms. The summed E-state index contributed by atoms with van der Waals surface area (Å²) in [6.45, 7) is 4.90. The van der Waals surface area contributed by atoms with Crippen LogP contribution in [0.4, 0.5) is 25.0 Å². The highest BCUT2D eigenvalue weighted by atomic mass is 32.2. The van der Waals surface area contributed by atoms with Gasteiger partial charge in [0.2, 0.25) is 0 Å². The van der Waals surface area contributed by atoms with Crippen molar-refractivity contribution in [3.63, 3.8) is 0 Å². The molecule has 3 aromatic rings. The first-order valence-electron chi connectivity index (χ1n) is 14.7. The van der Waals surface area contributed by atoms with E-state index in [-0.39, 0.29) is 17.6 Å². The lowest BCUT2D eigenvalue weighted by Gasteiger charge is -2.38. The van der Waals surface area contributed by atoms with Crippen LogP contribution in [0, 0.1) is 11.6 Å². The lowest BCUT2D eigenvalue weighted by atomic mass is 10.0. The second-order valence-corrected chi connectivity index (χ2v) is 12.0. The number of benzene rings is 3. The molecule has 1 aliphatic rings. The Labute approximate surface area is 258 Å². The van der Waals surface area contributed by atoms with Crippen LogP contribution in [0.5, 0.6) is 0 Å². The molecule has 1 fully saturated rings. The van der Waals surface area contributed by atoms with E-state index in [2.05, 4.69) is 39.8 Å². The van der Waals surface area contributed by atoms with Crippen molar-refractivity contribution in [2.45, 2.75) is 51.6 Å². The molecule has 0 aromatic heterocycles. The Morgan fingerprint density at radius 2 is 1.57 bits per heavy atom. The summed E-state index contributed by atoms with van der Waals surface area (Å²) in [4.78, 5) is 28.8. The topological polar surface area (TPSA) is 125 Å². The summed E-state index contributed by atoms with van der Waals surface area (Å²) in [5, 5.41) is 5.38. The molecule has 4 rings (SSSR count). The minimum Gasteiger partial charge on any atom is -0.372 e. The number of nitrogens with zero attached hydrogens (tertiary/aromatic N) is 2. The van der Waals surface area contributed by atoms with Crippen LogP contribution >= 0.6 is 0 Å². The van der Waals surface area contributed by atoms with Crippen LogP contribution in [0.1, 0.15) is 59.7 Å². The van der Waals surface area contributed by atoms with Crippen LogP contribution in [-0.2, 0) is 23.7 Å². The molecule has 0 atom stereocenters. The number of carbonyl (C=O) groups is 2. The summed E-state index contributed by atoms with van der Waals surface area (Å²) in [6, 6.07) is 17.2. The van der Waals surface area contributed by atoms with Gasteiger partial charge in [0.15, 0.2) is 10.7 Å². The third-order valence-corrected chi connectivity index (χ3v) is 8.20. The zero-order chi connectivity index (χ0) is 31.6. The van der Waals surface area contributed by atoms with E-state index in [1.165, 1.54) is 11.1 Å². The monoisotopic (exact) mass is 627 g/mol. The number of anilines is 2. The van der Waals surface area contributed by atoms with E-state index in [1.807, 2.05) is 31.2 Å². The predicted octanol–water partition coefficient (Wildman–Crippen LogP) is 4.93. The lowest BCUT2D eigenvalue weighted by Crippen LogP contribution is -2.49. The van der Waals surface area contributed by atoms with Gasteiger partial charge < -0.3 is 21.3 Å². The summed E-state index contributed by atoms with van der Waals surface area (Å²) in [6.07, 6.45) is 3.93. The number of primary amides is 1. The first-order valence-corrected chi connectivity index (χ1v) is 16.1. The number of hydrogen-bond donors (Lipinski definition) is 4. The van der Waals surface area contributed by atoms with E-state index in [9.17, 15) is 26.8 Å². The number of halogens is 2. The molecule has 3 aromatic carbocycles. The fraction of sp³-hybridized carbons (Fsp3) is 0.375. The number of carbonyl (C=O) groups excluding carboxylic acids is 2. The molecular formula is C32H39F2N5O4S. The molecule has 0 unspecified atom stereocenters. The second-order valence-electron chi connectivity index (χ2n) is 11.0. The number of urea groups is 1. The van der Waals surface area contributed by atoms with Crippen molar-refractivity contribution in [1.82, 2.24) is 9.80 Å². The van der Waals surface area contributed by atoms with Crippen LogP contribution in [0.15, 0.2) is 60.7 Å². The number of rotatable bonds is 13. The Balaban J connectivity index is 1.30. The van der Waals surface area contributed by atoms with Gasteiger partial charge in [-0.3, -0.25) is 9.69 Å². The Kier molecular flexibility index (Phi) is 11.7. The van der Waals surface area contributed by atoms with E-state index >= 15 is 0 Å². The molecule has 236 valence electrons. The third-order valence-electron chi connectivity index (χ3n) is 7.78. The molecular weight excluding hydrogens is 588 g/mol. The van der Waals surface area contributed by atoms with Crippen molar-refractivity contribution in [1.29, 1.82) is 0 Å². The molecule has 3 amide bonds. The van der Waals surface area contributed by atoms with Crippen LogP contribution in [0.25, 0.3) is 0 Å². The van der Waals surface area contributed by atoms with Gasteiger partial charge in [0.05, 0.1) is 11.3 Å². The fourth-order valence-corrected chi connectivity index (χ4v) is 5.65. The molecule has 1 saturated heterocycles. The first kappa shape index (κ1) is 32.9. The predicted molar refractivity (Wildman–Crippen MR) is 168 cm³/mol. The highest BCUT2D eigenvalue weighted by Gasteiger charge is 2.28. The molecule has 4 N–H and O–H groups in total. The van der Waals surface area contributed by atoms with E-state index < -0.39 is 39.8 Å². The van der Waals surface area contributed by atoms with Crippen molar-refractivity contribution >= 4 is 34.0 Å². The second kappa shape index (κ2) is 15.6. The van der Waals surface area contributed by atoms with Crippen LogP contribution < -0.4 is 16.4 Å². The van der Waals surface area contributed by atoms with Crippen LogP contribution in [-0.4, -0.2) is 61.7 Å². The van der Waals surface area contributed by atoms with Gasteiger partial charge in [-0.1, -0.05) is 49.7 Å². The van der Waals surface area contributed by atoms with Gasteiger partial charge in [-0.15, -0.1) is 0 Å². The normalized spacial score (nSPS) is 14.0. The molecule has 0 bridgehead atoms. The Bertz CT molecular complexity index is 1500. The molecule has 1 heterocycles. The molecule has 0 radical (unpaired) electrons. The number of hydrogen-bond acceptors (Lipinski definition) is 6. The summed E-state index contributed by atoms with van der Waals surface area (Å²) < 4.78 is 49.8. The largest absolute Gasteiger partial charge is 0.372 e. The van der Waals surface area contributed by atoms with Gasteiger partial charge in [0.1, 0.15) is 17.5 Å². The number of nitrogens with one attached hydrogen (secondary N) is 2. The zero-order valence-corrected chi connectivity index (χ0v) is 25.6. The number of piperidine rings is 1.